The molecule has 0 aliphatic rings. The van der Waals surface area contributed by atoms with Crippen LogP contribution < -0.4 is 10.6 Å². The summed E-state index contributed by atoms with van der Waals surface area (Å²) in [5.41, 5.74) is 2.65. The van der Waals surface area contributed by atoms with Gasteiger partial charge in [-0.2, -0.15) is 0 Å². The van der Waals surface area contributed by atoms with Gasteiger partial charge in [-0.15, -0.1) is 0 Å². The van der Waals surface area contributed by atoms with Gasteiger partial charge in [0, 0.05) is 5.56 Å². The maximum absolute atomic E-state index is 12.8. The fourth-order valence-corrected chi connectivity index (χ4v) is 3.32. The zero-order valence-electron chi connectivity index (χ0n) is 17.7. The molecule has 2 amide bonds. The van der Waals surface area contributed by atoms with Crippen LogP contribution in [0.4, 0.5) is 11.4 Å². The second-order valence-corrected chi connectivity index (χ2v) is 9.02. The van der Waals surface area contributed by atoms with E-state index in [2.05, 4.69) is 41.4 Å². The van der Waals surface area contributed by atoms with Crippen molar-refractivity contribution in [1.29, 1.82) is 0 Å². The van der Waals surface area contributed by atoms with Gasteiger partial charge in [0.25, 0.3) is 11.8 Å². The van der Waals surface area contributed by atoms with Crippen LogP contribution in [0.2, 0.25) is 5.02 Å². The van der Waals surface area contributed by atoms with E-state index in [0.717, 1.165) is 5.56 Å². The molecule has 0 bridgehead atoms. The van der Waals surface area contributed by atoms with E-state index in [-0.39, 0.29) is 22.0 Å². The molecule has 2 aromatic carbocycles. The lowest BCUT2D eigenvalue weighted by Gasteiger charge is -2.19. The number of amides is 2. The van der Waals surface area contributed by atoms with E-state index < -0.39 is 5.91 Å². The van der Waals surface area contributed by atoms with Crippen LogP contribution >= 0.6 is 23.4 Å². The molecule has 1 heterocycles. The van der Waals surface area contributed by atoms with Crippen molar-refractivity contribution in [2.24, 2.45) is 0 Å². The Hall–Kier alpha value is -2.90. The third-order valence-electron chi connectivity index (χ3n) is 4.56. The summed E-state index contributed by atoms with van der Waals surface area (Å²) in [6.07, 6.45) is 3.20. The van der Waals surface area contributed by atoms with Gasteiger partial charge in [0.05, 0.1) is 22.6 Å². The van der Waals surface area contributed by atoms with Crippen molar-refractivity contribution in [2.45, 2.75) is 31.3 Å². The number of halogens is 1. The number of hydrogen-bond acceptors (Lipinski definition) is 5. The molecule has 0 fully saturated rings. The second kappa shape index (κ2) is 9.49. The maximum atomic E-state index is 12.8. The second-order valence-electron chi connectivity index (χ2n) is 7.83. The highest BCUT2D eigenvalue weighted by Gasteiger charge is 2.18. The van der Waals surface area contributed by atoms with Crippen molar-refractivity contribution in [3.63, 3.8) is 0 Å². The van der Waals surface area contributed by atoms with Gasteiger partial charge in [0.2, 0.25) is 0 Å². The van der Waals surface area contributed by atoms with Crippen molar-refractivity contribution >= 4 is 46.6 Å². The summed E-state index contributed by atoms with van der Waals surface area (Å²) in [6.45, 7) is 6.35. The number of carbonyl (C=O) groups is 2. The maximum Gasteiger partial charge on any atom is 0.276 e. The number of anilines is 2. The molecule has 0 aliphatic heterocycles. The van der Waals surface area contributed by atoms with Crippen LogP contribution in [0.1, 0.15) is 47.2 Å². The summed E-state index contributed by atoms with van der Waals surface area (Å²) >= 11 is 7.41. The summed E-state index contributed by atoms with van der Waals surface area (Å²) in [5, 5.41) is 6.21. The van der Waals surface area contributed by atoms with E-state index >= 15 is 0 Å². The molecular weight excluding hydrogens is 432 g/mol. The third-order valence-corrected chi connectivity index (χ3v) is 5.39. The summed E-state index contributed by atoms with van der Waals surface area (Å²) in [7, 11) is 0. The van der Waals surface area contributed by atoms with Gasteiger partial charge in [-0.3, -0.25) is 9.59 Å². The lowest BCUT2D eigenvalue weighted by Crippen LogP contribution is -2.18. The van der Waals surface area contributed by atoms with E-state index in [1.165, 1.54) is 18.0 Å². The molecule has 0 saturated heterocycles. The first-order valence-corrected chi connectivity index (χ1v) is 11.2. The minimum Gasteiger partial charge on any atom is -0.320 e. The normalized spacial score (nSPS) is 11.1. The molecule has 31 heavy (non-hydrogen) atoms. The van der Waals surface area contributed by atoms with Gasteiger partial charge in [-0.05, 0) is 41.5 Å². The van der Waals surface area contributed by atoms with Gasteiger partial charge in [0.1, 0.15) is 0 Å². The quantitative estimate of drug-likeness (QED) is 0.384. The standard InChI is InChI=1S/C23H23ClN4O2S/c1-23(2,3)15-11-9-14(10-12-15)20(29)26-17-7-5-6-8-18(17)27-21(30)19-16(24)13-25-22(28-19)31-4/h5-13H,1-4H3,(H,26,29)(H,27,30). The highest BCUT2D eigenvalue weighted by Crippen LogP contribution is 2.25. The van der Waals surface area contributed by atoms with Gasteiger partial charge < -0.3 is 10.6 Å². The lowest BCUT2D eigenvalue weighted by atomic mass is 9.87. The molecular formula is C23H23ClN4O2S. The number of rotatable bonds is 5. The van der Waals surface area contributed by atoms with Crippen LogP contribution in [-0.4, -0.2) is 28.0 Å². The molecule has 2 N–H and O–H groups in total. The number of aromatic nitrogens is 2. The molecule has 3 aromatic rings. The zero-order chi connectivity index (χ0) is 22.6. The molecule has 6 nitrogen and oxygen atoms in total. The Balaban J connectivity index is 1.79. The van der Waals surface area contributed by atoms with Crippen LogP contribution in [-0.2, 0) is 5.41 Å². The van der Waals surface area contributed by atoms with Gasteiger partial charge in [0.15, 0.2) is 10.9 Å². The van der Waals surface area contributed by atoms with Crippen molar-refractivity contribution in [3.8, 4) is 0 Å². The Labute approximate surface area is 190 Å². The number of para-hydroxylation sites is 2. The number of hydrogen-bond donors (Lipinski definition) is 2. The minimum absolute atomic E-state index is 0.00427. The smallest absolute Gasteiger partial charge is 0.276 e. The molecule has 1 aromatic heterocycles. The van der Waals surface area contributed by atoms with Crippen LogP contribution in [0.3, 0.4) is 0 Å². The van der Waals surface area contributed by atoms with Crippen molar-refractivity contribution in [2.75, 3.05) is 16.9 Å². The summed E-state index contributed by atoms with van der Waals surface area (Å²) in [4.78, 5) is 33.7. The molecule has 160 valence electrons. The average molecular weight is 455 g/mol. The number of benzene rings is 2. The molecule has 0 saturated carbocycles. The fraction of sp³-hybridized carbons (Fsp3) is 0.217. The predicted molar refractivity (Wildman–Crippen MR) is 126 cm³/mol. The molecule has 3 rings (SSSR count). The summed E-state index contributed by atoms with van der Waals surface area (Å²) < 4.78 is 0. The Morgan fingerprint density at radius 2 is 1.52 bits per heavy atom. The van der Waals surface area contributed by atoms with E-state index in [1.807, 2.05) is 18.4 Å². The van der Waals surface area contributed by atoms with Crippen LogP contribution in [0.25, 0.3) is 0 Å². The first-order valence-electron chi connectivity index (χ1n) is 9.58. The topological polar surface area (TPSA) is 84.0 Å². The minimum atomic E-state index is -0.487. The molecule has 0 atom stereocenters. The fourth-order valence-electron chi connectivity index (χ4n) is 2.81. The number of thioether (sulfide) groups is 1. The SMILES string of the molecule is CSc1ncc(Cl)c(C(=O)Nc2ccccc2NC(=O)c2ccc(C(C)(C)C)cc2)n1. The monoisotopic (exact) mass is 454 g/mol. The summed E-state index contributed by atoms with van der Waals surface area (Å²) in [5.74, 6) is -0.758. The Morgan fingerprint density at radius 1 is 0.935 bits per heavy atom. The summed E-state index contributed by atoms with van der Waals surface area (Å²) in [6, 6.07) is 14.4. The average Bonchev–Trinajstić information content (AvgIpc) is 2.75. The molecule has 0 aliphatic carbocycles. The van der Waals surface area contributed by atoms with Crippen LogP contribution in [0, 0.1) is 0 Å². The van der Waals surface area contributed by atoms with Crippen LogP contribution in [0.5, 0.6) is 0 Å². The predicted octanol–water partition coefficient (Wildman–Crippen LogP) is 5.65. The number of carbonyl (C=O) groups excluding carboxylic acids is 2. The van der Waals surface area contributed by atoms with Crippen LogP contribution in [0.15, 0.2) is 59.9 Å². The van der Waals surface area contributed by atoms with Gasteiger partial charge in [-0.1, -0.05) is 68.4 Å². The zero-order valence-corrected chi connectivity index (χ0v) is 19.3. The first kappa shape index (κ1) is 22.8. The molecule has 8 heteroatoms. The van der Waals surface area contributed by atoms with Crippen molar-refractivity contribution in [1.82, 2.24) is 9.97 Å². The van der Waals surface area contributed by atoms with E-state index in [0.29, 0.717) is 22.1 Å². The third kappa shape index (κ3) is 5.62. The Morgan fingerprint density at radius 3 is 2.06 bits per heavy atom. The first-order chi connectivity index (χ1) is 14.7. The molecule has 0 radical (unpaired) electrons. The van der Waals surface area contributed by atoms with E-state index in [1.54, 1.807) is 36.4 Å². The van der Waals surface area contributed by atoms with E-state index in [4.69, 9.17) is 11.6 Å². The Kier molecular flexibility index (Phi) is 6.97. The van der Waals surface area contributed by atoms with E-state index in [9.17, 15) is 9.59 Å². The largest absolute Gasteiger partial charge is 0.320 e. The Bertz CT molecular complexity index is 1110. The van der Waals surface area contributed by atoms with Crippen molar-refractivity contribution in [3.05, 3.63) is 76.6 Å². The molecule has 0 spiro atoms. The highest BCUT2D eigenvalue weighted by molar-refractivity contribution is 7.98. The lowest BCUT2D eigenvalue weighted by molar-refractivity contribution is 0.101. The van der Waals surface area contributed by atoms with Crippen molar-refractivity contribution < 1.29 is 9.59 Å². The number of nitrogens with one attached hydrogen (secondary N) is 2. The van der Waals surface area contributed by atoms with Gasteiger partial charge >= 0.3 is 0 Å². The molecule has 0 unspecified atom stereocenters. The number of nitrogens with zero attached hydrogens (tertiary/aromatic N) is 2. The highest BCUT2D eigenvalue weighted by atomic mass is 35.5. The van der Waals surface area contributed by atoms with Gasteiger partial charge in [-0.25, -0.2) is 9.97 Å².